The molecule has 0 saturated carbocycles. The largest absolute Gasteiger partial charge is 0.497 e. The topological polar surface area (TPSA) is 47.9 Å². The molecule has 4 heteroatoms. The number of aliphatic hydroxyl groups is 1. The quantitative estimate of drug-likeness (QED) is 0.939. The minimum atomic E-state index is -0.776. The van der Waals surface area contributed by atoms with Gasteiger partial charge >= 0.3 is 0 Å². The van der Waals surface area contributed by atoms with E-state index in [2.05, 4.69) is 0 Å². The van der Waals surface area contributed by atoms with Gasteiger partial charge in [-0.05, 0) is 23.3 Å². The summed E-state index contributed by atoms with van der Waals surface area (Å²) in [4.78, 5) is 0. The van der Waals surface area contributed by atoms with Crippen LogP contribution >= 0.6 is 0 Å². The van der Waals surface area contributed by atoms with Gasteiger partial charge in [0, 0.05) is 18.1 Å². The second kappa shape index (κ2) is 5.66. The van der Waals surface area contributed by atoms with Gasteiger partial charge in [0.2, 0.25) is 0 Å². The Bertz CT molecular complexity index is 629. The van der Waals surface area contributed by atoms with Crippen LogP contribution in [0.2, 0.25) is 0 Å². The average molecular weight is 286 g/mol. The molecule has 1 aliphatic rings. The van der Waals surface area contributed by atoms with Gasteiger partial charge in [0.1, 0.15) is 23.4 Å². The fourth-order valence-corrected chi connectivity index (χ4v) is 2.62. The highest BCUT2D eigenvalue weighted by atomic mass is 16.5. The van der Waals surface area contributed by atoms with Crippen molar-refractivity contribution < 1.29 is 19.3 Å². The Morgan fingerprint density at radius 1 is 1.10 bits per heavy atom. The van der Waals surface area contributed by atoms with Gasteiger partial charge in [0.05, 0.1) is 20.8 Å². The van der Waals surface area contributed by atoms with Crippen molar-refractivity contribution in [1.29, 1.82) is 0 Å². The van der Waals surface area contributed by atoms with Crippen LogP contribution in [0.4, 0.5) is 0 Å². The molecule has 2 aromatic carbocycles. The molecule has 1 unspecified atom stereocenters. The molecule has 0 aliphatic carbocycles. The minimum absolute atomic E-state index is 0.650. The lowest BCUT2D eigenvalue weighted by Crippen LogP contribution is -2.03. The summed E-state index contributed by atoms with van der Waals surface area (Å²) in [7, 11) is 3.18. The van der Waals surface area contributed by atoms with E-state index < -0.39 is 6.10 Å². The van der Waals surface area contributed by atoms with Gasteiger partial charge in [-0.15, -0.1) is 0 Å². The smallest absolute Gasteiger partial charge is 0.128 e. The molecule has 3 rings (SSSR count). The van der Waals surface area contributed by atoms with Crippen LogP contribution in [0, 0.1) is 0 Å². The summed E-state index contributed by atoms with van der Waals surface area (Å²) in [5.41, 5.74) is 2.64. The molecule has 1 atom stereocenters. The molecule has 1 N–H and O–H groups in total. The number of rotatable bonds is 4. The number of para-hydroxylation sites is 1. The number of aliphatic hydroxyl groups excluding tert-OH is 1. The van der Waals surface area contributed by atoms with Crippen molar-refractivity contribution in [2.75, 3.05) is 20.8 Å². The van der Waals surface area contributed by atoms with E-state index in [9.17, 15) is 5.11 Å². The number of hydrogen-bond acceptors (Lipinski definition) is 4. The van der Waals surface area contributed by atoms with Crippen LogP contribution in [0.3, 0.4) is 0 Å². The Kier molecular flexibility index (Phi) is 3.71. The Morgan fingerprint density at radius 3 is 2.48 bits per heavy atom. The first-order valence-corrected chi connectivity index (χ1v) is 6.88. The summed E-state index contributed by atoms with van der Waals surface area (Å²) in [5.74, 6) is 2.10. The molecule has 110 valence electrons. The zero-order chi connectivity index (χ0) is 14.8. The molecule has 0 radical (unpaired) electrons. The highest BCUT2D eigenvalue weighted by Crippen LogP contribution is 2.37. The molecular weight excluding hydrogens is 268 g/mol. The van der Waals surface area contributed by atoms with E-state index in [0.717, 1.165) is 28.9 Å². The van der Waals surface area contributed by atoms with Crippen LogP contribution in [0.15, 0.2) is 36.4 Å². The molecule has 0 fully saturated rings. The van der Waals surface area contributed by atoms with Crippen molar-refractivity contribution in [3.05, 3.63) is 53.1 Å². The summed E-state index contributed by atoms with van der Waals surface area (Å²) in [6.07, 6.45) is 0.110. The fourth-order valence-electron chi connectivity index (χ4n) is 2.62. The van der Waals surface area contributed by atoms with E-state index in [1.54, 1.807) is 20.3 Å². The first kappa shape index (κ1) is 13.8. The van der Waals surface area contributed by atoms with Gasteiger partial charge in [-0.25, -0.2) is 0 Å². The molecule has 2 aromatic rings. The lowest BCUT2D eigenvalue weighted by Gasteiger charge is -2.16. The number of hydrogen-bond donors (Lipinski definition) is 1. The minimum Gasteiger partial charge on any atom is -0.497 e. The lowest BCUT2D eigenvalue weighted by atomic mass is 9.98. The van der Waals surface area contributed by atoms with E-state index >= 15 is 0 Å². The maximum absolute atomic E-state index is 10.7. The highest BCUT2D eigenvalue weighted by molar-refractivity contribution is 5.49. The summed E-state index contributed by atoms with van der Waals surface area (Å²) in [6, 6.07) is 11.3. The van der Waals surface area contributed by atoms with Gasteiger partial charge in [-0.2, -0.15) is 0 Å². The van der Waals surface area contributed by atoms with E-state index in [1.807, 2.05) is 30.3 Å². The van der Waals surface area contributed by atoms with Gasteiger partial charge < -0.3 is 19.3 Å². The van der Waals surface area contributed by atoms with E-state index in [0.29, 0.717) is 18.1 Å². The normalized spacial score (nSPS) is 14.2. The third-order valence-electron chi connectivity index (χ3n) is 3.73. The molecule has 0 saturated heterocycles. The molecule has 1 aliphatic heterocycles. The molecule has 21 heavy (non-hydrogen) atoms. The van der Waals surface area contributed by atoms with Crippen LogP contribution in [0.25, 0.3) is 0 Å². The highest BCUT2D eigenvalue weighted by Gasteiger charge is 2.22. The zero-order valence-corrected chi connectivity index (χ0v) is 12.1. The Balaban J connectivity index is 2.02. The van der Waals surface area contributed by atoms with Crippen LogP contribution in [-0.4, -0.2) is 25.9 Å². The van der Waals surface area contributed by atoms with Gasteiger partial charge in [-0.3, -0.25) is 0 Å². The summed E-state index contributed by atoms with van der Waals surface area (Å²) in [5, 5.41) is 10.7. The Hall–Kier alpha value is -2.20. The van der Waals surface area contributed by atoms with E-state index in [1.165, 1.54) is 0 Å². The molecule has 0 amide bonds. The maximum Gasteiger partial charge on any atom is 0.128 e. The van der Waals surface area contributed by atoms with Crippen molar-refractivity contribution in [2.24, 2.45) is 0 Å². The second-order valence-electron chi connectivity index (χ2n) is 4.98. The first-order valence-electron chi connectivity index (χ1n) is 6.88. The SMILES string of the molecule is COc1cc(OC)cc(C(O)c2cccc3c2OCC3)c1. The van der Waals surface area contributed by atoms with Crippen molar-refractivity contribution in [1.82, 2.24) is 0 Å². The molecule has 1 heterocycles. The summed E-state index contributed by atoms with van der Waals surface area (Å²) < 4.78 is 16.2. The van der Waals surface area contributed by atoms with Crippen molar-refractivity contribution >= 4 is 0 Å². The van der Waals surface area contributed by atoms with Gasteiger partial charge in [0.25, 0.3) is 0 Å². The number of fused-ring (bicyclic) bond motifs is 1. The van der Waals surface area contributed by atoms with Crippen LogP contribution in [0.5, 0.6) is 17.2 Å². The Morgan fingerprint density at radius 2 is 1.81 bits per heavy atom. The van der Waals surface area contributed by atoms with Gasteiger partial charge in [0.15, 0.2) is 0 Å². The summed E-state index contributed by atoms with van der Waals surface area (Å²) in [6.45, 7) is 0.667. The standard InChI is InChI=1S/C17H18O4/c1-19-13-8-12(9-14(10-13)20-2)16(18)15-5-3-4-11-6-7-21-17(11)15/h3-5,8-10,16,18H,6-7H2,1-2H3. The molecular formula is C17H18O4. The first-order chi connectivity index (χ1) is 10.2. The number of benzene rings is 2. The Labute approximate surface area is 123 Å². The van der Waals surface area contributed by atoms with E-state index in [4.69, 9.17) is 14.2 Å². The van der Waals surface area contributed by atoms with Crippen LogP contribution in [-0.2, 0) is 6.42 Å². The average Bonchev–Trinajstić information content (AvgIpc) is 3.02. The fraction of sp³-hybridized carbons (Fsp3) is 0.294. The second-order valence-corrected chi connectivity index (χ2v) is 4.98. The lowest BCUT2D eigenvalue weighted by molar-refractivity contribution is 0.212. The summed E-state index contributed by atoms with van der Waals surface area (Å²) >= 11 is 0. The molecule has 4 nitrogen and oxygen atoms in total. The van der Waals surface area contributed by atoms with Crippen molar-refractivity contribution in [3.63, 3.8) is 0 Å². The number of ether oxygens (including phenoxy) is 3. The van der Waals surface area contributed by atoms with Crippen LogP contribution in [0.1, 0.15) is 22.8 Å². The van der Waals surface area contributed by atoms with Crippen molar-refractivity contribution in [3.8, 4) is 17.2 Å². The molecule has 0 spiro atoms. The predicted octanol–water partition coefficient (Wildman–Crippen LogP) is 2.72. The third kappa shape index (κ3) is 2.54. The number of methoxy groups -OCH3 is 2. The van der Waals surface area contributed by atoms with Gasteiger partial charge in [-0.1, -0.05) is 18.2 Å². The molecule has 0 aromatic heterocycles. The van der Waals surface area contributed by atoms with Crippen molar-refractivity contribution in [2.45, 2.75) is 12.5 Å². The monoisotopic (exact) mass is 286 g/mol. The third-order valence-corrected chi connectivity index (χ3v) is 3.73. The zero-order valence-electron chi connectivity index (χ0n) is 12.1. The maximum atomic E-state index is 10.7. The molecule has 0 bridgehead atoms. The van der Waals surface area contributed by atoms with E-state index in [-0.39, 0.29) is 0 Å². The predicted molar refractivity (Wildman–Crippen MR) is 79.2 cm³/mol. The van der Waals surface area contributed by atoms with Crippen LogP contribution < -0.4 is 14.2 Å².